The van der Waals surface area contributed by atoms with Gasteiger partial charge in [-0.25, -0.2) is 17.1 Å². The van der Waals surface area contributed by atoms with Crippen LogP contribution in [0, 0.1) is 23.6 Å². The Hall–Kier alpha value is -1.47. The molecule has 27 heavy (non-hydrogen) atoms. The number of benzene rings is 1. The molecule has 1 N–H and O–H groups in total. The average Bonchev–Trinajstić information content (AvgIpc) is 3.27. The molecule has 3 fully saturated rings. The highest BCUT2D eigenvalue weighted by Crippen LogP contribution is 2.44. The van der Waals surface area contributed by atoms with Crippen LogP contribution >= 0.6 is 0 Å². The van der Waals surface area contributed by atoms with Gasteiger partial charge in [0.15, 0.2) is 0 Å². The van der Waals surface area contributed by atoms with Crippen LogP contribution in [0.1, 0.15) is 44.1 Å². The van der Waals surface area contributed by atoms with Gasteiger partial charge in [-0.1, -0.05) is 18.6 Å². The molecule has 5 nitrogen and oxygen atoms in total. The van der Waals surface area contributed by atoms with Gasteiger partial charge >= 0.3 is 0 Å². The van der Waals surface area contributed by atoms with E-state index in [1.807, 2.05) is 0 Å². The minimum atomic E-state index is -3.45. The summed E-state index contributed by atoms with van der Waals surface area (Å²) in [5, 5.41) is 3.24. The molecule has 2 saturated carbocycles. The Morgan fingerprint density at radius 3 is 2.37 bits per heavy atom. The number of nitrogens with zero attached hydrogens (tertiary/aromatic N) is 1. The van der Waals surface area contributed by atoms with Gasteiger partial charge in [-0.15, -0.1) is 0 Å². The lowest BCUT2D eigenvalue weighted by molar-refractivity contribution is -0.127. The van der Waals surface area contributed by atoms with Gasteiger partial charge in [-0.05, 0) is 61.6 Å². The van der Waals surface area contributed by atoms with E-state index >= 15 is 0 Å². The Labute approximate surface area is 160 Å². The van der Waals surface area contributed by atoms with E-state index in [1.54, 1.807) is 0 Å². The summed E-state index contributed by atoms with van der Waals surface area (Å²) >= 11 is 0. The lowest BCUT2D eigenvalue weighted by Crippen LogP contribution is -2.46. The second kappa shape index (κ2) is 7.51. The summed E-state index contributed by atoms with van der Waals surface area (Å²) in [6.07, 6.45) is 6.04. The number of carbonyl (C=O) groups excluding carboxylic acids is 1. The van der Waals surface area contributed by atoms with Crippen molar-refractivity contribution in [3.63, 3.8) is 0 Å². The van der Waals surface area contributed by atoms with Gasteiger partial charge in [0.2, 0.25) is 15.9 Å². The van der Waals surface area contributed by atoms with Crippen LogP contribution in [-0.4, -0.2) is 37.8 Å². The Balaban J connectivity index is 1.29. The topological polar surface area (TPSA) is 66.5 Å². The van der Waals surface area contributed by atoms with Crippen LogP contribution in [0.2, 0.25) is 0 Å². The van der Waals surface area contributed by atoms with E-state index in [1.165, 1.54) is 47.8 Å². The molecule has 0 radical (unpaired) electrons. The summed E-state index contributed by atoms with van der Waals surface area (Å²) in [6, 6.07) is 5.88. The Bertz CT molecular complexity index is 788. The summed E-state index contributed by atoms with van der Waals surface area (Å²) in [7, 11) is -3.45. The fourth-order valence-corrected chi connectivity index (χ4v) is 6.56. The lowest BCUT2D eigenvalue weighted by atomic mass is 9.93. The van der Waals surface area contributed by atoms with E-state index in [2.05, 4.69) is 5.32 Å². The van der Waals surface area contributed by atoms with E-state index in [9.17, 15) is 17.6 Å². The van der Waals surface area contributed by atoms with E-state index in [4.69, 9.17) is 0 Å². The quantitative estimate of drug-likeness (QED) is 0.835. The molecule has 0 unspecified atom stereocenters. The van der Waals surface area contributed by atoms with E-state index < -0.39 is 10.0 Å². The molecule has 148 valence electrons. The third-order valence-electron chi connectivity index (χ3n) is 6.55. The normalized spacial score (nSPS) is 29.1. The standard InChI is InChI=1S/C20H27FN2O3S/c21-18-5-2-14(3-6-18)13-27(25,26)23-9-7-16(8-10-23)20(24)22-19-12-15-1-4-17(19)11-15/h2-3,5-6,15-17,19H,1,4,7-13H2,(H,22,24)/t15-,17+,19+/m0/s1. The predicted octanol–water partition coefficient (Wildman–Crippen LogP) is 2.67. The van der Waals surface area contributed by atoms with Crippen LogP contribution in [0.25, 0.3) is 0 Å². The molecule has 1 aliphatic heterocycles. The van der Waals surface area contributed by atoms with Crippen molar-refractivity contribution < 1.29 is 17.6 Å². The molecule has 1 aromatic rings. The number of piperidine rings is 1. The Morgan fingerprint density at radius 1 is 1.07 bits per heavy atom. The van der Waals surface area contributed by atoms with Crippen molar-refractivity contribution in [2.45, 2.75) is 50.3 Å². The number of amides is 1. The summed E-state index contributed by atoms with van der Waals surface area (Å²) < 4.78 is 39.7. The van der Waals surface area contributed by atoms with Crippen LogP contribution in [0.15, 0.2) is 24.3 Å². The highest BCUT2D eigenvalue weighted by molar-refractivity contribution is 7.88. The SMILES string of the molecule is O=C(N[C@@H]1C[C@H]2CC[C@@H]1C2)C1CCN(S(=O)(=O)Cc2ccc(F)cc2)CC1. The maximum atomic E-state index is 13.0. The van der Waals surface area contributed by atoms with Crippen molar-refractivity contribution in [2.24, 2.45) is 17.8 Å². The van der Waals surface area contributed by atoms with Crippen LogP contribution < -0.4 is 5.32 Å². The van der Waals surface area contributed by atoms with Crippen molar-refractivity contribution >= 4 is 15.9 Å². The molecule has 0 spiro atoms. The van der Waals surface area contributed by atoms with Crippen LogP contribution in [0.4, 0.5) is 4.39 Å². The third-order valence-corrected chi connectivity index (χ3v) is 8.40. The summed E-state index contributed by atoms with van der Waals surface area (Å²) in [6.45, 7) is 0.747. The first-order valence-electron chi connectivity index (χ1n) is 9.93. The maximum Gasteiger partial charge on any atom is 0.223 e. The van der Waals surface area contributed by atoms with Crippen LogP contribution in [0.3, 0.4) is 0 Å². The number of nitrogens with one attached hydrogen (secondary N) is 1. The summed E-state index contributed by atoms with van der Waals surface area (Å²) in [5.74, 6) is 0.937. The zero-order valence-corrected chi connectivity index (χ0v) is 16.3. The zero-order chi connectivity index (χ0) is 19.0. The Kier molecular flexibility index (Phi) is 5.25. The Morgan fingerprint density at radius 2 is 1.78 bits per heavy atom. The number of carbonyl (C=O) groups is 1. The predicted molar refractivity (Wildman–Crippen MR) is 101 cm³/mol. The first-order chi connectivity index (χ1) is 12.9. The number of rotatable bonds is 5. The van der Waals surface area contributed by atoms with Crippen molar-refractivity contribution in [3.8, 4) is 0 Å². The first-order valence-corrected chi connectivity index (χ1v) is 11.5. The molecule has 1 amide bonds. The summed E-state index contributed by atoms with van der Waals surface area (Å²) in [5.41, 5.74) is 0.576. The minimum Gasteiger partial charge on any atom is -0.353 e. The number of hydrogen-bond donors (Lipinski definition) is 1. The van der Waals surface area contributed by atoms with Crippen molar-refractivity contribution in [3.05, 3.63) is 35.6 Å². The largest absolute Gasteiger partial charge is 0.353 e. The lowest BCUT2D eigenvalue weighted by Gasteiger charge is -2.32. The minimum absolute atomic E-state index is 0.0959. The van der Waals surface area contributed by atoms with Gasteiger partial charge in [0.25, 0.3) is 0 Å². The number of hydrogen-bond acceptors (Lipinski definition) is 3. The van der Waals surface area contributed by atoms with Gasteiger partial charge in [-0.3, -0.25) is 4.79 Å². The second-order valence-electron chi connectivity index (χ2n) is 8.35. The third kappa shape index (κ3) is 4.19. The highest BCUT2D eigenvalue weighted by atomic mass is 32.2. The zero-order valence-electron chi connectivity index (χ0n) is 15.4. The molecule has 1 saturated heterocycles. The second-order valence-corrected chi connectivity index (χ2v) is 10.3. The highest BCUT2D eigenvalue weighted by Gasteiger charge is 2.41. The molecule has 1 aromatic carbocycles. The van der Waals surface area contributed by atoms with Gasteiger partial charge in [0.1, 0.15) is 5.82 Å². The maximum absolute atomic E-state index is 13.0. The van der Waals surface area contributed by atoms with E-state index in [-0.39, 0.29) is 23.4 Å². The van der Waals surface area contributed by atoms with E-state index in [0.29, 0.717) is 43.5 Å². The molecule has 2 aliphatic carbocycles. The van der Waals surface area contributed by atoms with Crippen molar-refractivity contribution in [1.82, 2.24) is 9.62 Å². The monoisotopic (exact) mass is 394 g/mol. The first kappa shape index (κ1) is 18.9. The van der Waals surface area contributed by atoms with Gasteiger partial charge in [0, 0.05) is 25.0 Å². The molecule has 0 aromatic heterocycles. The fraction of sp³-hybridized carbons (Fsp3) is 0.650. The van der Waals surface area contributed by atoms with Crippen molar-refractivity contribution in [2.75, 3.05) is 13.1 Å². The molecule has 4 rings (SSSR count). The van der Waals surface area contributed by atoms with Crippen molar-refractivity contribution in [1.29, 1.82) is 0 Å². The van der Waals surface area contributed by atoms with Crippen LogP contribution in [-0.2, 0) is 20.6 Å². The molecule has 3 aliphatic rings. The average molecular weight is 395 g/mol. The van der Waals surface area contributed by atoms with Gasteiger partial charge in [0.05, 0.1) is 5.75 Å². The molecule has 7 heteroatoms. The smallest absolute Gasteiger partial charge is 0.223 e. The molecular weight excluding hydrogens is 367 g/mol. The number of sulfonamides is 1. The fourth-order valence-electron chi connectivity index (χ4n) is 5.00. The van der Waals surface area contributed by atoms with E-state index in [0.717, 1.165) is 12.3 Å². The summed E-state index contributed by atoms with van der Waals surface area (Å²) in [4.78, 5) is 12.6. The molecule has 3 atom stereocenters. The molecule has 1 heterocycles. The molecule has 2 bridgehead atoms. The molecular formula is C20H27FN2O3S. The van der Waals surface area contributed by atoms with Gasteiger partial charge < -0.3 is 5.32 Å². The number of fused-ring (bicyclic) bond motifs is 2. The van der Waals surface area contributed by atoms with Crippen LogP contribution in [0.5, 0.6) is 0 Å². The number of halogens is 1. The van der Waals surface area contributed by atoms with Gasteiger partial charge in [-0.2, -0.15) is 0 Å².